The second kappa shape index (κ2) is 9.41. The fourth-order valence-corrected chi connectivity index (χ4v) is 3.77. The number of hydrogen-bond acceptors (Lipinski definition) is 5. The highest BCUT2D eigenvalue weighted by molar-refractivity contribution is 6.10. The lowest BCUT2D eigenvalue weighted by molar-refractivity contribution is -0.151. The number of esters is 1. The van der Waals surface area contributed by atoms with Crippen LogP contribution in [0.15, 0.2) is 54.6 Å². The summed E-state index contributed by atoms with van der Waals surface area (Å²) >= 11 is 0. The van der Waals surface area contributed by atoms with Crippen LogP contribution >= 0.6 is 0 Å². The van der Waals surface area contributed by atoms with Crippen molar-refractivity contribution in [2.45, 2.75) is 26.2 Å². The number of para-hydroxylation sites is 1. The molecular formula is C24H26O5. The Hall–Kier alpha value is -3.08. The lowest BCUT2D eigenvalue weighted by Gasteiger charge is -2.30. The zero-order chi connectivity index (χ0) is 20.8. The average molecular weight is 394 g/mol. The van der Waals surface area contributed by atoms with Gasteiger partial charge in [0.05, 0.1) is 20.3 Å². The predicted molar refractivity (Wildman–Crippen MR) is 111 cm³/mol. The second-order valence-corrected chi connectivity index (χ2v) is 6.82. The van der Waals surface area contributed by atoms with Crippen LogP contribution in [0.3, 0.4) is 0 Å². The van der Waals surface area contributed by atoms with Gasteiger partial charge in [0, 0.05) is 5.92 Å². The Morgan fingerprint density at radius 1 is 1.07 bits per heavy atom. The van der Waals surface area contributed by atoms with E-state index in [0.717, 1.165) is 22.4 Å². The molecule has 0 saturated heterocycles. The van der Waals surface area contributed by atoms with Crippen molar-refractivity contribution in [1.29, 1.82) is 0 Å². The molecule has 5 nitrogen and oxygen atoms in total. The van der Waals surface area contributed by atoms with E-state index in [4.69, 9.17) is 14.2 Å². The van der Waals surface area contributed by atoms with Gasteiger partial charge in [-0.15, -0.1) is 0 Å². The number of benzene rings is 2. The lowest BCUT2D eigenvalue weighted by Crippen LogP contribution is -2.34. The Balaban J connectivity index is 2.06. The molecule has 29 heavy (non-hydrogen) atoms. The molecule has 5 heteroatoms. The van der Waals surface area contributed by atoms with E-state index in [0.29, 0.717) is 18.8 Å². The van der Waals surface area contributed by atoms with E-state index < -0.39 is 11.9 Å². The SMILES string of the molecule is CCOC(=O)C1C(=O)C=C(c2cccc(OC)c2)CC1c1ccccc1OCC. The molecule has 3 rings (SSSR count). The van der Waals surface area contributed by atoms with Crippen molar-refractivity contribution < 1.29 is 23.8 Å². The maximum atomic E-state index is 13.1. The molecule has 1 aliphatic carbocycles. The van der Waals surface area contributed by atoms with E-state index >= 15 is 0 Å². The summed E-state index contributed by atoms with van der Waals surface area (Å²) in [5.41, 5.74) is 2.61. The van der Waals surface area contributed by atoms with Gasteiger partial charge in [0.25, 0.3) is 0 Å². The summed E-state index contributed by atoms with van der Waals surface area (Å²) in [7, 11) is 1.61. The van der Waals surface area contributed by atoms with Gasteiger partial charge in [0.2, 0.25) is 0 Å². The first kappa shape index (κ1) is 20.6. The van der Waals surface area contributed by atoms with Crippen molar-refractivity contribution >= 4 is 17.3 Å². The molecule has 0 saturated carbocycles. The van der Waals surface area contributed by atoms with Crippen LogP contribution in [-0.4, -0.2) is 32.1 Å². The van der Waals surface area contributed by atoms with Crippen molar-refractivity contribution in [2.24, 2.45) is 5.92 Å². The van der Waals surface area contributed by atoms with E-state index in [1.54, 1.807) is 20.1 Å². The van der Waals surface area contributed by atoms with E-state index in [1.807, 2.05) is 55.5 Å². The second-order valence-electron chi connectivity index (χ2n) is 6.82. The number of carbonyl (C=O) groups excluding carboxylic acids is 2. The van der Waals surface area contributed by atoms with Crippen LogP contribution in [0.25, 0.3) is 5.57 Å². The summed E-state index contributed by atoms with van der Waals surface area (Å²) in [5.74, 6) is -0.580. The molecule has 0 aromatic heterocycles. The Kier molecular flexibility index (Phi) is 6.70. The zero-order valence-electron chi connectivity index (χ0n) is 17.0. The number of hydrogen-bond donors (Lipinski definition) is 0. The number of carbonyl (C=O) groups is 2. The van der Waals surface area contributed by atoms with Gasteiger partial charge in [0.15, 0.2) is 5.78 Å². The summed E-state index contributed by atoms with van der Waals surface area (Å²) < 4.78 is 16.3. The Labute approximate surface area is 171 Å². The maximum absolute atomic E-state index is 13.1. The normalized spacial score (nSPS) is 18.7. The first-order valence-electron chi connectivity index (χ1n) is 9.86. The number of rotatable bonds is 7. The molecule has 0 spiro atoms. The molecule has 0 aliphatic heterocycles. The van der Waals surface area contributed by atoms with Gasteiger partial charge in [-0.05, 0) is 61.2 Å². The molecule has 152 valence electrons. The highest BCUT2D eigenvalue weighted by Crippen LogP contribution is 2.43. The maximum Gasteiger partial charge on any atom is 0.317 e. The van der Waals surface area contributed by atoms with Crippen molar-refractivity contribution in [3.05, 3.63) is 65.7 Å². The monoisotopic (exact) mass is 394 g/mol. The van der Waals surface area contributed by atoms with Gasteiger partial charge in [-0.25, -0.2) is 0 Å². The summed E-state index contributed by atoms with van der Waals surface area (Å²) in [6.07, 6.45) is 2.09. The lowest BCUT2D eigenvalue weighted by atomic mass is 9.73. The van der Waals surface area contributed by atoms with Crippen LogP contribution < -0.4 is 9.47 Å². The number of ether oxygens (including phenoxy) is 3. The van der Waals surface area contributed by atoms with Crippen LogP contribution in [0.1, 0.15) is 37.3 Å². The molecule has 0 heterocycles. The standard InChI is InChI=1S/C24H26O5/c1-4-28-22-12-7-6-11-19(22)20-14-17(16-9-8-10-18(13-16)27-3)15-21(25)23(20)24(26)29-5-2/h6-13,15,20,23H,4-5,14H2,1-3H3. The summed E-state index contributed by atoms with van der Waals surface area (Å²) in [4.78, 5) is 25.7. The van der Waals surface area contributed by atoms with Crippen LogP contribution in [-0.2, 0) is 14.3 Å². The van der Waals surface area contributed by atoms with Crippen LogP contribution in [0.5, 0.6) is 11.5 Å². The first-order valence-corrected chi connectivity index (χ1v) is 9.86. The fourth-order valence-electron chi connectivity index (χ4n) is 3.77. The third-order valence-electron chi connectivity index (χ3n) is 5.06. The number of ketones is 1. The van der Waals surface area contributed by atoms with Gasteiger partial charge >= 0.3 is 5.97 Å². The fraction of sp³-hybridized carbons (Fsp3) is 0.333. The minimum absolute atomic E-state index is 0.231. The topological polar surface area (TPSA) is 61.8 Å². The van der Waals surface area contributed by atoms with Gasteiger partial charge in [0.1, 0.15) is 17.4 Å². The highest BCUT2D eigenvalue weighted by atomic mass is 16.5. The smallest absolute Gasteiger partial charge is 0.317 e. The molecule has 2 atom stereocenters. The third-order valence-corrected chi connectivity index (χ3v) is 5.06. The van der Waals surface area contributed by atoms with Gasteiger partial charge in [-0.3, -0.25) is 9.59 Å². The van der Waals surface area contributed by atoms with Crippen LogP contribution in [0, 0.1) is 5.92 Å². The van der Waals surface area contributed by atoms with Gasteiger partial charge in [-0.2, -0.15) is 0 Å². The Bertz CT molecular complexity index is 915. The predicted octanol–water partition coefficient (Wildman–Crippen LogP) is 4.41. The summed E-state index contributed by atoms with van der Waals surface area (Å²) in [5, 5.41) is 0. The van der Waals surface area contributed by atoms with Crippen molar-refractivity contribution in [3.63, 3.8) is 0 Å². The third kappa shape index (κ3) is 4.50. The molecule has 0 amide bonds. The number of allylic oxidation sites excluding steroid dienone is 2. The zero-order valence-corrected chi connectivity index (χ0v) is 17.0. The molecule has 2 aromatic carbocycles. The van der Waals surface area contributed by atoms with Crippen molar-refractivity contribution in [3.8, 4) is 11.5 Å². The van der Waals surface area contributed by atoms with Crippen LogP contribution in [0.2, 0.25) is 0 Å². The van der Waals surface area contributed by atoms with Gasteiger partial charge in [-0.1, -0.05) is 30.3 Å². The van der Waals surface area contributed by atoms with Crippen LogP contribution in [0.4, 0.5) is 0 Å². The van der Waals surface area contributed by atoms with E-state index in [-0.39, 0.29) is 18.3 Å². The molecular weight excluding hydrogens is 368 g/mol. The van der Waals surface area contributed by atoms with Crippen molar-refractivity contribution in [2.75, 3.05) is 20.3 Å². The quantitative estimate of drug-likeness (QED) is 0.514. The molecule has 0 N–H and O–H groups in total. The molecule has 1 aliphatic rings. The first-order chi connectivity index (χ1) is 14.1. The Morgan fingerprint density at radius 2 is 1.86 bits per heavy atom. The minimum Gasteiger partial charge on any atom is -0.497 e. The Morgan fingerprint density at radius 3 is 2.59 bits per heavy atom. The molecule has 2 unspecified atom stereocenters. The molecule has 0 fully saturated rings. The van der Waals surface area contributed by atoms with E-state index in [9.17, 15) is 9.59 Å². The largest absolute Gasteiger partial charge is 0.497 e. The van der Waals surface area contributed by atoms with Gasteiger partial charge < -0.3 is 14.2 Å². The summed E-state index contributed by atoms with van der Waals surface area (Å²) in [6, 6.07) is 15.2. The van der Waals surface area contributed by atoms with E-state index in [1.165, 1.54) is 0 Å². The molecule has 0 radical (unpaired) electrons. The number of methoxy groups -OCH3 is 1. The van der Waals surface area contributed by atoms with Crippen molar-refractivity contribution in [1.82, 2.24) is 0 Å². The molecule has 2 aromatic rings. The molecule has 0 bridgehead atoms. The highest BCUT2D eigenvalue weighted by Gasteiger charge is 2.40. The van der Waals surface area contributed by atoms with E-state index in [2.05, 4.69) is 0 Å². The average Bonchev–Trinajstić information content (AvgIpc) is 2.74. The minimum atomic E-state index is -0.883. The summed E-state index contributed by atoms with van der Waals surface area (Å²) in [6.45, 7) is 4.38.